The maximum atomic E-state index is 2.97. The summed E-state index contributed by atoms with van der Waals surface area (Å²) in [6.45, 7) is 1.14. The number of hydrogen-bond acceptors (Lipinski definition) is 2. The van der Waals surface area contributed by atoms with Crippen molar-refractivity contribution < 1.29 is 0 Å². The third kappa shape index (κ3) is 0.632. The first kappa shape index (κ1) is 3.19. The van der Waals surface area contributed by atoms with Gasteiger partial charge in [0.1, 0.15) is 0 Å². The van der Waals surface area contributed by atoms with E-state index in [1.807, 2.05) is 0 Å². The summed E-state index contributed by atoms with van der Waals surface area (Å²) in [7, 11) is 1.14. The third-order valence-corrected chi connectivity index (χ3v) is 0.729. The molecule has 1 aliphatic rings. The fraction of sp³-hybridized carbons (Fsp3) is 1.00. The fourth-order valence-corrected chi connectivity index (χ4v) is 0.442. The molecule has 0 atom stereocenters. The molecule has 28 valence electrons. The van der Waals surface area contributed by atoms with Crippen molar-refractivity contribution in [3.63, 3.8) is 0 Å². The summed E-state index contributed by atoms with van der Waals surface area (Å²) in [6.07, 6.45) is 1.28. The molecule has 0 spiro atoms. The molecule has 1 rings (SSSR count). The highest BCUT2D eigenvalue weighted by molar-refractivity contribution is 6.32. The van der Waals surface area contributed by atoms with Gasteiger partial charge in [-0.15, -0.1) is 0 Å². The highest BCUT2D eigenvalue weighted by atomic mass is 15.3. The molecule has 0 unspecified atom stereocenters. The molecule has 0 aromatic rings. The minimum absolute atomic E-state index is 1.14. The molecule has 1 fully saturated rings. The van der Waals surface area contributed by atoms with E-state index in [4.69, 9.17) is 0 Å². The van der Waals surface area contributed by atoms with E-state index in [2.05, 4.69) is 10.8 Å². The SMILES string of the molecule is B1CCNN1. The Labute approximate surface area is 32.2 Å². The van der Waals surface area contributed by atoms with Crippen molar-refractivity contribution in [3.8, 4) is 0 Å². The highest BCUT2D eigenvalue weighted by Gasteiger charge is 1.94. The van der Waals surface area contributed by atoms with E-state index in [1.54, 1.807) is 0 Å². The summed E-state index contributed by atoms with van der Waals surface area (Å²) in [5.74, 6) is 0. The Morgan fingerprint density at radius 2 is 2.60 bits per heavy atom. The zero-order chi connectivity index (χ0) is 3.54. The van der Waals surface area contributed by atoms with Gasteiger partial charge in [0.2, 0.25) is 7.41 Å². The van der Waals surface area contributed by atoms with Gasteiger partial charge in [0.25, 0.3) is 0 Å². The molecule has 2 N–H and O–H groups in total. The van der Waals surface area contributed by atoms with Gasteiger partial charge in [-0.1, -0.05) is 0 Å². The van der Waals surface area contributed by atoms with Crippen molar-refractivity contribution in [2.75, 3.05) is 6.54 Å². The van der Waals surface area contributed by atoms with Crippen molar-refractivity contribution in [3.05, 3.63) is 0 Å². The molecule has 1 saturated heterocycles. The maximum Gasteiger partial charge on any atom is 0.220 e. The molecular formula is C2H7BN2. The van der Waals surface area contributed by atoms with Crippen LogP contribution in [-0.4, -0.2) is 14.0 Å². The van der Waals surface area contributed by atoms with Gasteiger partial charge >= 0.3 is 0 Å². The second kappa shape index (κ2) is 1.43. The maximum absolute atomic E-state index is 2.97. The lowest BCUT2D eigenvalue weighted by molar-refractivity contribution is 0.757. The number of hydrazine groups is 1. The molecule has 0 saturated carbocycles. The summed E-state index contributed by atoms with van der Waals surface area (Å²) < 4.78 is 0. The number of rotatable bonds is 0. The van der Waals surface area contributed by atoms with Crippen LogP contribution in [0.3, 0.4) is 0 Å². The average Bonchev–Trinajstić information content (AvgIpc) is 1.76. The van der Waals surface area contributed by atoms with Crippen LogP contribution >= 0.6 is 0 Å². The molecule has 0 bridgehead atoms. The molecular weight excluding hydrogens is 62.8 g/mol. The van der Waals surface area contributed by atoms with Gasteiger partial charge in [-0.2, -0.15) is 0 Å². The third-order valence-electron chi connectivity index (χ3n) is 0.729. The van der Waals surface area contributed by atoms with Crippen LogP contribution in [0, 0.1) is 0 Å². The Balaban J connectivity index is 2.08. The van der Waals surface area contributed by atoms with Crippen molar-refractivity contribution in [2.45, 2.75) is 6.32 Å². The van der Waals surface area contributed by atoms with Gasteiger partial charge in [-0.25, -0.2) is 0 Å². The molecule has 1 heterocycles. The Morgan fingerprint density at radius 3 is 2.80 bits per heavy atom. The Hall–Kier alpha value is -0.0151. The van der Waals surface area contributed by atoms with E-state index in [9.17, 15) is 0 Å². The first-order valence-electron chi connectivity index (χ1n) is 1.96. The lowest BCUT2D eigenvalue weighted by Gasteiger charge is -1.81. The lowest BCUT2D eigenvalue weighted by atomic mass is 9.94. The zero-order valence-electron chi connectivity index (χ0n) is 3.12. The predicted octanol–water partition coefficient (Wildman–Crippen LogP) is -1.14. The topological polar surface area (TPSA) is 24.1 Å². The molecule has 0 amide bonds. The van der Waals surface area contributed by atoms with Gasteiger partial charge in [-0.3, -0.25) is 5.43 Å². The Morgan fingerprint density at radius 1 is 1.60 bits per heavy atom. The molecule has 0 aromatic carbocycles. The second-order valence-electron chi connectivity index (χ2n) is 1.21. The summed E-state index contributed by atoms with van der Waals surface area (Å²) in [5, 5.41) is 2.97. The van der Waals surface area contributed by atoms with Crippen LogP contribution in [0.25, 0.3) is 0 Å². The van der Waals surface area contributed by atoms with E-state index >= 15 is 0 Å². The molecule has 0 radical (unpaired) electrons. The van der Waals surface area contributed by atoms with Gasteiger partial charge in [-0.05, 0) is 6.32 Å². The second-order valence-corrected chi connectivity index (χ2v) is 1.21. The molecule has 0 aromatic heterocycles. The summed E-state index contributed by atoms with van der Waals surface area (Å²) >= 11 is 0. The van der Waals surface area contributed by atoms with Gasteiger partial charge in [0, 0.05) is 6.54 Å². The van der Waals surface area contributed by atoms with Gasteiger partial charge in [0.15, 0.2) is 0 Å². The number of hydrogen-bond donors (Lipinski definition) is 2. The van der Waals surface area contributed by atoms with Crippen LogP contribution in [0.4, 0.5) is 0 Å². The van der Waals surface area contributed by atoms with Gasteiger partial charge in [0.05, 0.1) is 0 Å². The normalized spacial score (nSPS) is 22.4. The average molecular weight is 69.9 g/mol. The van der Waals surface area contributed by atoms with Crippen molar-refractivity contribution >= 4 is 7.41 Å². The summed E-state index contributed by atoms with van der Waals surface area (Å²) in [5.41, 5.74) is 2.97. The molecule has 3 heteroatoms. The van der Waals surface area contributed by atoms with Crippen LogP contribution in [-0.2, 0) is 0 Å². The van der Waals surface area contributed by atoms with E-state index in [-0.39, 0.29) is 0 Å². The van der Waals surface area contributed by atoms with Crippen LogP contribution in [0.1, 0.15) is 0 Å². The Bertz CT molecular complexity index is 19.2. The van der Waals surface area contributed by atoms with Crippen LogP contribution in [0.2, 0.25) is 6.32 Å². The smallest absolute Gasteiger partial charge is 0.220 e. The van der Waals surface area contributed by atoms with E-state index in [0.717, 1.165) is 14.0 Å². The van der Waals surface area contributed by atoms with Crippen LogP contribution in [0.5, 0.6) is 0 Å². The lowest BCUT2D eigenvalue weighted by Crippen LogP contribution is -2.23. The minimum Gasteiger partial charge on any atom is -0.301 e. The highest BCUT2D eigenvalue weighted by Crippen LogP contribution is 1.73. The largest absolute Gasteiger partial charge is 0.301 e. The number of nitrogens with one attached hydrogen (secondary N) is 2. The van der Waals surface area contributed by atoms with Crippen molar-refractivity contribution in [1.29, 1.82) is 0 Å². The standard InChI is InChI=1S/C2H7BN2/c1-2-4-5-3-1/h3-5H,1-2H2. The summed E-state index contributed by atoms with van der Waals surface area (Å²) in [4.78, 5) is 0. The monoisotopic (exact) mass is 70.1 g/mol. The quantitative estimate of drug-likeness (QED) is 0.352. The van der Waals surface area contributed by atoms with Crippen molar-refractivity contribution in [1.82, 2.24) is 10.8 Å². The molecule has 5 heavy (non-hydrogen) atoms. The van der Waals surface area contributed by atoms with E-state index in [0.29, 0.717) is 0 Å². The Kier molecular flexibility index (Phi) is 0.910. The summed E-state index contributed by atoms with van der Waals surface area (Å²) in [6, 6.07) is 0. The van der Waals surface area contributed by atoms with E-state index < -0.39 is 0 Å². The zero-order valence-corrected chi connectivity index (χ0v) is 3.12. The fourth-order valence-electron chi connectivity index (χ4n) is 0.442. The van der Waals surface area contributed by atoms with Gasteiger partial charge < -0.3 is 5.34 Å². The van der Waals surface area contributed by atoms with Crippen LogP contribution < -0.4 is 10.8 Å². The predicted molar refractivity (Wildman–Crippen MR) is 23.1 cm³/mol. The molecule has 0 aliphatic carbocycles. The minimum atomic E-state index is 1.14. The van der Waals surface area contributed by atoms with E-state index in [1.165, 1.54) is 6.32 Å². The first-order valence-corrected chi connectivity index (χ1v) is 1.96. The molecule has 2 nitrogen and oxygen atoms in total. The van der Waals surface area contributed by atoms with Crippen molar-refractivity contribution in [2.24, 2.45) is 0 Å². The van der Waals surface area contributed by atoms with Crippen LogP contribution in [0.15, 0.2) is 0 Å². The first-order chi connectivity index (χ1) is 2.50. The molecule has 1 aliphatic heterocycles.